The minimum Gasteiger partial charge on any atom is -0.460 e. The van der Waals surface area contributed by atoms with Gasteiger partial charge in [0, 0.05) is 6.42 Å². The zero-order chi connectivity index (χ0) is 14.0. The van der Waals surface area contributed by atoms with E-state index in [1.165, 1.54) is 0 Å². The number of hydrogen-bond acceptors (Lipinski definition) is 5. The molecule has 0 amide bonds. The van der Waals surface area contributed by atoms with Crippen LogP contribution >= 0.6 is 0 Å². The van der Waals surface area contributed by atoms with E-state index in [0.29, 0.717) is 6.42 Å². The number of esters is 1. The Hall–Kier alpha value is -0.940. The number of hydrogen-bond donors (Lipinski definition) is 0. The van der Waals surface area contributed by atoms with Crippen LogP contribution in [0.15, 0.2) is 0 Å². The normalized spacial score (nSPS) is 27.6. The van der Waals surface area contributed by atoms with Gasteiger partial charge in [-0.2, -0.15) is 0 Å². The molecule has 0 N–H and O–H groups in total. The third-order valence-corrected chi connectivity index (χ3v) is 2.35. The number of carbonyl (C=O) groups is 2. The van der Waals surface area contributed by atoms with Crippen LogP contribution in [0, 0.1) is 0 Å². The predicted molar refractivity (Wildman–Crippen MR) is 65.0 cm³/mol. The van der Waals surface area contributed by atoms with Gasteiger partial charge in [0.05, 0.1) is 12.5 Å². The van der Waals surface area contributed by atoms with Gasteiger partial charge in [0.25, 0.3) is 0 Å². The first-order valence-electron chi connectivity index (χ1n) is 6.14. The Morgan fingerprint density at radius 2 is 2.00 bits per heavy atom. The van der Waals surface area contributed by atoms with Crippen LogP contribution in [0.2, 0.25) is 0 Å². The lowest BCUT2D eigenvalue weighted by Gasteiger charge is -2.38. The van der Waals surface area contributed by atoms with Crippen molar-refractivity contribution in [3.63, 3.8) is 0 Å². The first-order chi connectivity index (χ1) is 8.11. The molecule has 1 rings (SSSR count). The Kier molecular flexibility index (Phi) is 4.50. The second kappa shape index (κ2) is 5.36. The van der Waals surface area contributed by atoms with E-state index in [-0.39, 0.29) is 18.5 Å². The standard InChI is InChI=1S/C13H22O5/c1-12(2,3)18-11(15)7-9-6-10(8-14)17-13(4,5)16-9/h8-10H,6-7H2,1-5H3/t9-,10-/m1/s1. The molecular weight excluding hydrogens is 236 g/mol. The minimum absolute atomic E-state index is 0.133. The van der Waals surface area contributed by atoms with E-state index in [1.807, 2.05) is 20.8 Å². The van der Waals surface area contributed by atoms with Gasteiger partial charge in [-0.3, -0.25) is 4.79 Å². The molecule has 0 aliphatic carbocycles. The average Bonchev–Trinajstić information content (AvgIpc) is 2.11. The molecule has 2 atom stereocenters. The molecule has 0 aromatic rings. The summed E-state index contributed by atoms with van der Waals surface area (Å²) in [7, 11) is 0. The second-order valence-electron chi connectivity index (χ2n) is 5.96. The lowest BCUT2D eigenvalue weighted by atomic mass is 10.1. The summed E-state index contributed by atoms with van der Waals surface area (Å²) in [6.07, 6.45) is 0.382. The quantitative estimate of drug-likeness (QED) is 0.571. The van der Waals surface area contributed by atoms with Gasteiger partial charge in [0.1, 0.15) is 18.0 Å². The van der Waals surface area contributed by atoms with Crippen molar-refractivity contribution in [3.05, 3.63) is 0 Å². The van der Waals surface area contributed by atoms with Crippen molar-refractivity contribution < 1.29 is 23.8 Å². The van der Waals surface area contributed by atoms with Crippen LogP contribution < -0.4 is 0 Å². The molecule has 1 aliphatic heterocycles. The van der Waals surface area contributed by atoms with Gasteiger partial charge >= 0.3 is 5.97 Å². The van der Waals surface area contributed by atoms with E-state index in [0.717, 1.165) is 6.29 Å². The minimum atomic E-state index is -0.851. The van der Waals surface area contributed by atoms with Crippen LogP contribution in [0.1, 0.15) is 47.5 Å². The van der Waals surface area contributed by atoms with Gasteiger partial charge in [-0.25, -0.2) is 0 Å². The molecular formula is C13H22O5. The van der Waals surface area contributed by atoms with Crippen LogP contribution in [-0.4, -0.2) is 35.9 Å². The van der Waals surface area contributed by atoms with Crippen molar-refractivity contribution in [3.8, 4) is 0 Å². The van der Waals surface area contributed by atoms with E-state index >= 15 is 0 Å². The van der Waals surface area contributed by atoms with Crippen molar-refractivity contribution in [1.82, 2.24) is 0 Å². The molecule has 0 aromatic heterocycles. The average molecular weight is 258 g/mol. The first kappa shape index (κ1) is 15.1. The highest BCUT2D eigenvalue weighted by Gasteiger charge is 2.36. The third-order valence-electron chi connectivity index (χ3n) is 2.35. The maximum atomic E-state index is 11.7. The van der Waals surface area contributed by atoms with Gasteiger partial charge in [0.15, 0.2) is 5.79 Å². The Bertz CT molecular complexity index is 316. The van der Waals surface area contributed by atoms with Gasteiger partial charge in [-0.05, 0) is 34.6 Å². The molecule has 0 aromatic carbocycles. The van der Waals surface area contributed by atoms with Crippen LogP contribution in [-0.2, 0) is 23.8 Å². The molecule has 0 saturated carbocycles. The van der Waals surface area contributed by atoms with Crippen molar-refractivity contribution in [2.45, 2.75) is 71.1 Å². The largest absolute Gasteiger partial charge is 0.460 e. The molecule has 1 saturated heterocycles. The van der Waals surface area contributed by atoms with E-state index < -0.39 is 17.5 Å². The Morgan fingerprint density at radius 1 is 1.39 bits per heavy atom. The van der Waals surface area contributed by atoms with Crippen molar-refractivity contribution >= 4 is 12.3 Å². The molecule has 0 radical (unpaired) electrons. The molecule has 0 bridgehead atoms. The highest BCUT2D eigenvalue weighted by atomic mass is 16.7. The van der Waals surface area contributed by atoms with Crippen molar-refractivity contribution in [2.75, 3.05) is 0 Å². The summed E-state index contributed by atoms with van der Waals surface area (Å²) in [6.45, 7) is 8.89. The molecule has 0 spiro atoms. The molecule has 1 heterocycles. The van der Waals surface area contributed by atoms with E-state index in [2.05, 4.69) is 0 Å². The Labute approximate surface area is 108 Å². The molecule has 0 unspecified atom stereocenters. The lowest BCUT2D eigenvalue weighted by Crippen LogP contribution is -2.46. The molecule has 5 heteroatoms. The molecule has 1 aliphatic rings. The zero-order valence-corrected chi connectivity index (χ0v) is 11.7. The molecule has 5 nitrogen and oxygen atoms in total. The van der Waals surface area contributed by atoms with E-state index in [1.54, 1.807) is 13.8 Å². The summed E-state index contributed by atoms with van der Waals surface area (Å²) in [5, 5.41) is 0. The van der Waals surface area contributed by atoms with Crippen LogP contribution in [0.5, 0.6) is 0 Å². The summed E-state index contributed by atoms with van der Waals surface area (Å²) in [5.74, 6) is -1.17. The molecule has 104 valence electrons. The van der Waals surface area contributed by atoms with Crippen molar-refractivity contribution in [1.29, 1.82) is 0 Å². The van der Waals surface area contributed by atoms with Crippen LogP contribution in [0.25, 0.3) is 0 Å². The van der Waals surface area contributed by atoms with Gasteiger partial charge in [-0.15, -0.1) is 0 Å². The summed E-state index contributed by atoms with van der Waals surface area (Å²) in [5.41, 5.74) is -0.512. The smallest absolute Gasteiger partial charge is 0.308 e. The first-order valence-corrected chi connectivity index (χ1v) is 6.14. The van der Waals surface area contributed by atoms with Gasteiger partial charge in [-0.1, -0.05) is 0 Å². The predicted octanol–water partition coefficient (Wildman–Crippen LogP) is 1.83. The van der Waals surface area contributed by atoms with E-state index in [9.17, 15) is 9.59 Å². The highest BCUT2D eigenvalue weighted by molar-refractivity contribution is 5.70. The zero-order valence-electron chi connectivity index (χ0n) is 11.7. The fourth-order valence-electron chi connectivity index (χ4n) is 1.93. The van der Waals surface area contributed by atoms with E-state index in [4.69, 9.17) is 14.2 Å². The second-order valence-corrected chi connectivity index (χ2v) is 5.96. The maximum absolute atomic E-state index is 11.7. The molecule has 18 heavy (non-hydrogen) atoms. The summed E-state index contributed by atoms with van der Waals surface area (Å²) >= 11 is 0. The van der Waals surface area contributed by atoms with Gasteiger partial charge < -0.3 is 19.0 Å². The SMILES string of the molecule is CC(C)(C)OC(=O)C[C@H]1C[C@H](C=O)OC(C)(C)O1. The number of rotatable bonds is 3. The van der Waals surface area contributed by atoms with Gasteiger partial charge in [0.2, 0.25) is 0 Å². The van der Waals surface area contributed by atoms with Crippen LogP contribution in [0.4, 0.5) is 0 Å². The fourth-order valence-corrected chi connectivity index (χ4v) is 1.93. The monoisotopic (exact) mass is 258 g/mol. The highest BCUT2D eigenvalue weighted by Crippen LogP contribution is 2.28. The lowest BCUT2D eigenvalue weighted by molar-refractivity contribution is -0.291. The molecule has 1 fully saturated rings. The number of carbonyl (C=O) groups excluding carboxylic acids is 2. The fraction of sp³-hybridized carbons (Fsp3) is 0.846. The summed E-state index contributed by atoms with van der Waals surface area (Å²) in [4.78, 5) is 22.5. The summed E-state index contributed by atoms with van der Waals surface area (Å²) < 4.78 is 16.2. The van der Waals surface area contributed by atoms with Crippen molar-refractivity contribution in [2.24, 2.45) is 0 Å². The Balaban J connectivity index is 2.56. The maximum Gasteiger partial charge on any atom is 0.308 e. The number of aldehydes is 1. The topological polar surface area (TPSA) is 61.8 Å². The Morgan fingerprint density at radius 3 is 2.50 bits per heavy atom. The van der Waals surface area contributed by atoms with Crippen LogP contribution in [0.3, 0.4) is 0 Å². The summed E-state index contributed by atoms with van der Waals surface area (Å²) in [6, 6.07) is 0. The third kappa shape index (κ3) is 5.14. The number of ether oxygens (including phenoxy) is 3.